The number of rotatable bonds is 1. The number of hydrogen-bond acceptors (Lipinski definition) is 3. The van der Waals surface area contributed by atoms with E-state index in [1.807, 2.05) is 11.8 Å². The van der Waals surface area contributed by atoms with Gasteiger partial charge in [-0.3, -0.25) is 5.32 Å². The fourth-order valence-electron chi connectivity index (χ4n) is 2.59. The summed E-state index contributed by atoms with van der Waals surface area (Å²) in [5, 5.41) is 3.66. The smallest absolute Gasteiger partial charge is 0.128 e. The van der Waals surface area contributed by atoms with Gasteiger partial charge in [-0.2, -0.15) is 11.8 Å². The second-order valence-electron chi connectivity index (χ2n) is 4.94. The van der Waals surface area contributed by atoms with E-state index in [-0.39, 0.29) is 5.72 Å². The monoisotopic (exact) mass is 213 g/mol. The molecule has 0 aromatic heterocycles. The molecule has 1 aliphatic carbocycles. The maximum absolute atomic E-state index is 6.09. The van der Waals surface area contributed by atoms with E-state index in [1.165, 1.54) is 38.0 Å². The molecule has 2 unspecified atom stereocenters. The second kappa shape index (κ2) is 3.69. The Morgan fingerprint density at radius 2 is 2.21 bits per heavy atom. The van der Waals surface area contributed by atoms with Crippen LogP contribution in [0.5, 0.6) is 0 Å². The van der Waals surface area contributed by atoms with Crippen molar-refractivity contribution in [1.29, 1.82) is 0 Å². The highest BCUT2D eigenvalue weighted by Crippen LogP contribution is 2.40. The fraction of sp³-hybridized carbons (Fsp3) is 1.00. The molecule has 2 atom stereocenters. The molecule has 14 heavy (non-hydrogen) atoms. The summed E-state index contributed by atoms with van der Waals surface area (Å²) in [5.74, 6) is 4.27. The molecule has 0 bridgehead atoms. The van der Waals surface area contributed by atoms with Gasteiger partial charge < -0.3 is 4.74 Å². The molecule has 0 aromatic rings. The van der Waals surface area contributed by atoms with E-state index in [2.05, 4.69) is 5.32 Å². The zero-order valence-corrected chi connectivity index (χ0v) is 9.44. The van der Waals surface area contributed by atoms with Crippen molar-refractivity contribution in [2.24, 2.45) is 11.8 Å². The zero-order chi connectivity index (χ0) is 9.43. The summed E-state index contributed by atoms with van der Waals surface area (Å²) in [6.07, 6.45) is 5.41. The molecule has 1 spiro atoms. The van der Waals surface area contributed by atoms with Crippen molar-refractivity contribution in [2.45, 2.75) is 31.4 Å². The van der Waals surface area contributed by atoms with Crippen LogP contribution in [0.15, 0.2) is 0 Å². The van der Waals surface area contributed by atoms with E-state index < -0.39 is 0 Å². The lowest BCUT2D eigenvalue weighted by molar-refractivity contribution is -0.110. The normalized spacial score (nSPS) is 44.1. The van der Waals surface area contributed by atoms with Crippen LogP contribution in [0.2, 0.25) is 0 Å². The molecule has 0 radical (unpaired) electrons. The first-order valence-electron chi connectivity index (χ1n) is 5.85. The lowest BCUT2D eigenvalue weighted by Crippen LogP contribution is -2.58. The van der Waals surface area contributed by atoms with Gasteiger partial charge in [0.25, 0.3) is 0 Å². The highest BCUT2D eigenvalue weighted by atomic mass is 32.2. The van der Waals surface area contributed by atoms with Crippen molar-refractivity contribution in [3.8, 4) is 0 Å². The molecule has 2 nitrogen and oxygen atoms in total. The van der Waals surface area contributed by atoms with Gasteiger partial charge in [-0.15, -0.1) is 0 Å². The average molecular weight is 213 g/mol. The van der Waals surface area contributed by atoms with Crippen LogP contribution >= 0.6 is 11.8 Å². The molecule has 0 amide bonds. The largest absolute Gasteiger partial charge is 0.359 e. The van der Waals surface area contributed by atoms with Crippen LogP contribution in [0.25, 0.3) is 0 Å². The van der Waals surface area contributed by atoms with Crippen molar-refractivity contribution in [3.05, 3.63) is 0 Å². The van der Waals surface area contributed by atoms with Gasteiger partial charge in [-0.1, -0.05) is 0 Å². The molecular formula is C11H19NOS. The Bertz CT molecular complexity index is 201. The van der Waals surface area contributed by atoms with E-state index in [4.69, 9.17) is 4.74 Å². The van der Waals surface area contributed by atoms with Gasteiger partial charge in [-0.05, 0) is 43.3 Å². The Labute approximate surface area is 90.2 Å². The first-order chi connectivity index (χ1) is 6.88. The standard InChI is InChI=1S/C11H19NOS/c1-4-11(8-14-5-1)12-6-10(7-13-11)9-2-3-9/h9-10,12H,1-8H2. The van der Waals surface area contributed by atoms with Crippen LogP contribution in [0.4, 0.5) is 0 Å². The minimum atomic E-state index is 0.0638. The Morgan fingerprint density at radius 3 is 2.79 bits per heavy atom. The Kier molecular flexibility index (Phi) is 2.50. The highest BCUT2D eigenvalue weighted by molar-refractivity contribution is 7.99. The summed E-state index contributed by atoms with van der Waals surface area (Å²) in [4.78, 5) is 0. The number of hydrogen-bond donors (Lipinski definition) is 1. The molecule has 80 valence electrons. The minimum Gasteiger partial charge on any atom is -0.359 e. The second-order valence-corrected chi connectivity index (χ2v) is 6.05. The SMILES string of the molecule is C1CSCC2(C1)NCC(C1CC1)CO2. The molecule has 2 aliphatic heterocycles. The summed E-state index contributed by atoms with van der Waals surface area (Å²) in [5.41, 5.74) is 0.0638. The summed E-state index contributed by atoms with van der Waals surface area (Å²) in [6, 6.07) is 0. The van der Waals surface area contributed by atoms with Crippen molar-refractivity contribution in [2.75, 3.05) is 24.7 Å². The molecule has 3 rings (SSSR count). The van der Waals surface area contributed by atoms with Crippen LogP contribution in [-0.2, 0) is 4.74 Å². The van der Waals surface area contributed by atoms with Gasteiger partial charge >= 0.3 is 0 Å². The molecular weight excluding hydrogens is 194 g/mol. The average Bonchev–Trinajstić information content (AvgIpc) is 3.04. The highest BCUT2D eigenvalue weighted by Gasteiger charge is 2.41. The van der Waals surface area contributed by atoms with E-state index in [0.717, 1.165) is 24.2 Å². The maximum atomic E-state index is 6.09. The van der Waals surface area contributed by atoms with Gasteiger partial charge in [0.1, 0.15) is 5.72 Å². The molecule has 3 heteroatoms. The van der Waals surface area contributed by atoms with Gasteiger partial charge in [0.05, 0.1) is 6.61 Å². The third kappa shape index (κ3) is 1.82. The minimum absolute atomic E-state index is 0.0638. The predicted molar refractivity (Wildman–Crippen MR) is 59.5 cm³/mol. The number of ether oxygens (including phenoxy) is 1. The fourth-order valence-corrected chi connectivity index (χ4v) is 3.74. The zero-order valence-electron chi connectivity index (χ0n) is 8.63. The van der Waals surface area contributed by atoms with Gasteiger partial charge in [0.15, 0.2) is 0 Å². The Hall–Kier alpha value is 0.270. The van der Waals surface area contributed by atoms with Crippen molar-refractivity contribution in [1.82, 2.24) is 5.32 Å². The Morgan fingerprint density at radius 1 is 1.29 bits per heavy atom. The first kappa shape index (κ1) is 9.49. The molecule has 3 aliphatic rings. The van der Waals surface area contributed by atoms with Crippen LogP contribution < -0.4 is 5.32 Å². The van der Waals surface area contributed by atoms with Crippen molar-refractivity contribution in [3.63, 3.8) is 0 Å². The van der Waals surface area contributed by atoms with Gasteiger partial charge in [0, 0.05) is 12.3 Å². The molecule has 2 heterocycles. The van der Waals surface area contributed by atoms with Gasteiger partial charge in [0.2, 0.25) is 0 Å². The molecule has 1 saturated carbocycles. The van der Waals surface area contributed by atoms with E-state index in [9.17, 15) is 0 Å². The molecule has 0 aromatic carbocycles. The van der Waals surface area contributed by atoms with E-state index >= 15 is 0 Å². The van der Waals surface area contributed by atoms with E-state index in [0.29, 0.717) is 0 Å². The van der Waals surface area contributed by atoms with Crippen LogP contribution in [0, 0.1) is 11.8 Å². The molecule has 2 saturated heterocycles. The summed E-state index contributed by atoms with van der Waals surface area (Å²) >= 11 is 2.04. The number of thioether (sulfide) groups is 1. The maximum Gasteiger partial charge on any atom is 0.128 e. The third-order valence-corrected chi connectivity index (χ3v) is 5.00. The van der Waals surface area contributed by atoms with Gasteiger partial charge in [-0.25, -0.2) is 0 Å². The topological polar surface area (TPSA) is 21.3 Å². The van der Waals surface area contributed by atoms with Crippen LogP contribution in [-0.4, -0.2) is 30.4 Å². The quantitative estimate of drug-likeness (QED) is 0.718. The summed E-state index contributed by atoms with van der Waals surface area (Å²) in [7, 11) is 0. The van der Waals surface area contributed by atoms with Crippen molar-refractivity contribution < 1.29 is 4.74 Å². The summed E-state index contributed by atoms with van der Waals surface area (Å²) in [6.45, 7) is 2.21. The molecule has 1 N–H and O–H groups in total. The summed E-state index contributed by atoms with van der Waals surface area (Å²) < 4.78 is 6.09. The Balaban J connectivity index is 1.57. The lowest BCUT2D eigenvalue weighted by Gasteiger charge is -2.43. The predicted octanol–water partition coefficient (Wildman–Crippen LogP) is 1.86. The van der Waals surface area contributed by atoms with Crippen molar-refractivity contribution >= 4 is 11.8 Å². The van der Waals surface area contributed by atoms with Crippen LogP contribution in [0.1, 0.15) is 25.7 Å². The third-order valence-electron chi connectivity index (χ3n) is 3.75. The lowest BCUT2D eigenvalue weighted by atomic mass is 9.99. The number of nitrogens with one attached hydrogen (secondary N) is 1. The molecule has 3 fully saturated rings. The van der Waals surface area contributed by atoms with Crippen LogP contribution in [0.3, 0.4) is 0 Å². The first-order valence-corrected chi connectivity index (χ1v) is 7.00. The van der Waals surface area contributed by atoms with E-state index in [1.54, 1.807) is 0 Å².